The first-order valence-corrected chi connectivity index (χ1v) is 27.9. The number of carboxylic acids is 1. The third kappa shape index (κ3) is 19.3. The number of carboxylic acid groups (broad SMARTS) is 1. The van der Waals surface area contributed by atoms with Crippen LogP contribution in [-0.2, 0) is 60.7 Å². The minimum atomic E-state index is -1.15. The Morgan fingerprint density at radius 2 is 1.48 bits per heavy atom. The molecule has 2 heterocycles. The number of nitrogens with one attached hydrogen (secondary N) is 2. The van der Waals surface area contributed by atoms with Crippen molar-refractivity contribution in [2.75, 3.05) is 66.4 Å². The number of likely N-dealkylation sites (tertiary alicyclic amines) is 2. The number of hydrogen-bond acceptors (Lipinski definition) is 11. The number of amides is 7. The molecular formula is C59H93N7O11. The van der Waals surface area contributed by atoms with E-state index in [4.69, 9.17) is 9.47 Å². The SMILES string of the molecule is CCC.CC[C@H](C)C([C@@H](CC(=O)N1CCC[C@H]1[C@H](OC)[C@@H](C)C(=O)N[C@@H](Cc1ccccc1)C(=O)O)OC)N(C)C(=O)CNC(=O)C(C(C)C)N(C)CCc1ccc(N(C)C(=O)CCCCCN2C(=O)CC(C)C2=O)cc1. The summed E-state index contributed by atoms with van der Waals surface area (Å²) >= 11 is 0. The van der Waals surface area contributed by atoms with Gasteiger partial charge >= 0.3 is 5.97 Å². The monoisotopic (exact) mass is 1080 g/mol. The quantitative estimate of drug-likeness (QED) is 0.0575. The van der Waals surface area contributed by atoms with Gasteiger partial charge in [-0.1, -0.05) is 117 Å². The van der Waals surface area contributed by atoms with E-state index in [1.807, 2.05) is 82.1 Å². The average molecular weight is 1080 g/mol. The Labute approximate surface area is 459 Å². The van der Waals surface area contributed by atoms with Gasteiger partial charge in [0.2, 0.25) is 41.4 Å². The number of ether oxygens (including phenoxy) is 2. The van der Waals surface area contributed by atoms with Gasteiger partial charge in [0.05, 0.1) is 49.2 Å². The predicted molar refractivity (Wildman–Crippen MR) is 299 cm³/mol. The Morgan fingerprint density at radius 3 is 2.04 bits per heavy atom. The standard InChI is InChI=1S/C56H85N7O11.C3H8/c1-12-37(4)51(45(73-10)34-48(66)62-30-19-22-44(62)52(74-11)39(6)53(68)58-43(56(71)72)33-41-20-15-13-16-21-41)61(9)49(67)35-57-54(69)50(36(2)3)59(7)31-28-40-24-26-42(27-25-40)60(8)46(64)23-17-14-18-29-63-47(65)32-38(5)55(63)70;1-3-2/h13,15-16,20-21,24-27,36-39,43-45,50-52H,12,14,17-19,22-23,28-35H2,1-11H3,(H,57,69)(H,58,68)(H,71,72);3H2,1-2H3/t37-,38?,39+,43-,44-,45+,50?,51?,52+;/m0./s1. The van der Waals surface area contributed by atoms with Gasteiger partial charge in [0, 0.05) is 78.8 Å². The molecule has 0 radical (unpaired) electrons. The molecule has 2 saturated heterocycles. The maximum Gasteiger partial charge on any atom is 0.326 e. The fourth-order valence-corrected chi connectivity index (χ4v) is 10.5. The Kier molecular flexibility index (Phi) is 28.0. The lowest BCUT2D eigenvalue weighted by Gasteiger charge is -2.39. The summed E-state index contributed by atoms with van der Waals surface area (Å²) in [4.78, 5) is 113. The van der Waals surface area contributed by atoms with Crippen LogP contribution in [0.3, 0.4) is 0 Å². The normalized spacial score (nSPS) is 18.2. The van der Waals surface area contributed by atoms with E-state index < -0.39 is 54.2 Å². The summed E-state index contributed by atoms with van der Waals surface area (Å²) in [7, 11) is 8.30. The molecule has 3 unspecified atom stereocenters. The number of carbonyl (C=O) groups is 8. The zero-order valence-electron chi connectivity index (χ0n) is 48.5. The highest BCUT2D eigenvalue weighted by Gasteiger charge is 2.43. The number of likely N-dealkylation sites (N-methyl/N-ethyl adjacent to an activating group) is 2. The second-order valence-electron chi connectivity index (χ2n) is 21.5. The van der Waals surface area contributed by atoms with Gasteiger partial charge in [-0.25, -0.2) is 4.79 Å². The number of rotatable bonds is 30. The highest BCUT2D eigenvalue weighted by atomic mass is 16.5. The summed E-state index contributed by atoms with van der Waals surface area (Å²) in [5.41, 5.74) is 2.57. The maximum atomic E-state index is 14.3. The van der Waals surface area contributed by atoms with Gasteiger partial charge in [-0.3, -0.25) is 43.4 Å². The van der Waals surface area contributed by atoms with Gasteiger partial charge in [0.15, 0.2) is 0 Å². The van der Waals surface area contributed by atoms with E-state index in [-0.39, 0.29) is 79.0 Å². The molecule has 0 bridgehead atoms. The number of benzene rings is 2. The van der Waals surface area contributed by atoms with Gasteiger partial charge in [-0.15, -0.1) is 0 Å². The molecular weight excluding hydrogens is 983 g/mol. The van der Waals surface area contributed by atoms with Crippen molar-refractivity contribution < 1.29 is 52.9 Å². The van der Waals surface area contributed by atoms with Crippen LogP contribution in [0.4, 0.5) is 5.69 Å². The zero-order valence-corrected chi connectivity index (χ0v) is 48.5. The Morgan fingerprint density at radius 1 is 0.831 bits per heavy atom. The van der Waals surface area contributed by atoms with Crippen molar-refractivity contribution in [2.45, 2.75) is 169 Å². The zero-order chi connectivity index (χ0) is 57.5. The second-order valence-corrected chi connectivity index (χ2v) is 21.5. The van der Waals surface area contributed by atoms with Crippen molar-refractivity contribution in [1.82, 2.24) is 30.2 Å². The van der Waals surface area contributed by atoms with Gasteiger partial charge in [0.25, 0.3) is 0 Å². The van der Waals surface area contributed by atoms with Crippen molar-refractivity contribution in [3.05, 3.63) is 65.7 Å². The topological polar surface area (TPSA) is 216 Å². The second kappa shape index (κ2) is 32.9. The maximum absolute atomic E-state index is 14.3. The summed E-state index contributed by atoms with van der Waals surface area (Å²) in [6.45, 7) is 16.8. The Hall–Kier alpha value is -5.72. The molecule has 77 heavy (non-hydrogen) atoms. The van der Waals surface area contributed by atoms with Gasteiger partial charge in [-0.05, 0) is 74.2 Å². The van der Waals surface area contributed by atoms with Crippen molar-refractivity contribution in [3.63, 3.8) is 0 Å². The minimum absolute atomic E-state index is 0.0203. The minimum Gasteiger partial charge on any atom is -0.480 e. The van der Waals surface area contributed by atoms with Gasteiger partial charge in [-0.2, -0.15) is 0 Å². The lowest BCUT2D eigenvalue weighted by molar-refractivity contribution is -0.147. The molecule has 0 aromatic heterocycles. The summed E-state index contributed by atoms with van der Waals surface area (Å²) in [6, 6.07) is 14.2. The van der Waals surface area contributed by atoms with Crippen LogP contribution in [0.1, 0.15) is 131 Å². The van der Waals surface area contributed by atoms with E-state index in [1.165, 1.54) is 25.5 Å². The molecule has 430 valence electrons. The lowest BCUT2D eigenvalue weighted by atomic mass is 9.90. The highest BCUT2D eigenvalue weighted by molar-refractivity contribution is 6.03. The molecule has 9 atom stereocenters. The molecule has 2 fully saturated rings. The molecule has 0 saturated carbocycles. The first-order valence-electron chi connectivity index (χ1n) is 27.9. The third-order valence-electron chi connectivity index (χ3n) is 15.2. The van der Waals surface area contributed by atoms with Crippen LogP contribution in [0.15, 0.2) is 54.6 Å². The molecule has 2 aromatic rings. The summed E-state index contributed by atoms with van der Waals surface area (Å²) in [6.07, 6.45) is 5.17. The summed E-state index contributed by atoms with van der Waals surface area (Å²) in [5, 5.41) is 15.5. The smallest absolute Gasteiger partial charge is 0.326 e. The van der Waals surface area contributed by atoms with Crippen LogP contribution in [0, 0.1) is 23.7 Å². The van der Waals surface area contributed by atoms with Crippen molar-refractivity contribution >= 4 is 53.0 Å². The van der Waals surface area contributed by atoms with E-state index in [0.29, 0.717) is 64.6 Å². The first-order chi connectivity index (χ1) is 36.6. The average Bonchev–Trinajstić information content (AvgIpc) is 3.99. The highest BCUT2D eigenvalue weighted by Crippen LogP contribution is 2.30. The molecule has 4 rings (SSSR count). The molecule has 18 heteroatoms. The molecule has 0 aliphatic carbocycles. The fourth-order valence-electron chi connectivity index (χ4n) is 10.5. The van der Waals surface area contributed by atoms with Crippen LogP contribution in [0.5, 0.6) is 0 Å². The molecule has 18 nitrogen and oxygen atoms in total. The number of imide groups is 1. The van der Waals surface area contributed by atoms with Crippen LogP contribution in [0.25, 0.3) is 0 Å². The molecule has 2 aliphatic rings. The summed E-state index contributed by atoms with van der Waals surface area (Å²) in [5.74, 6) is -3.93. The number of anilines is 1. The van der Waals surface area contributed by atoms with Crippen molar-refractivity contribution in [3.8, 4) is 0 Å². The molecule has 2 aliphatic heterocycles. The van der Waals surface area contributed by atoms with E-state index in [1.54, 1.807) is 54.8 Å². The number of unbranched alkanes of at least 4 members (excludes halogenated alkanes) is 2. The largest absolute Gasteiger partial charge is 0.480 e. The molecule has 0 spiro atoms. The van der Waals surface area contributed by atoms with E-state index in [0.717, 1.165) is 23.2 Å². The molecule has 3 N–H and O–H groups in total. The fraction of sp³-hybridized carbons (Fsp3) is 0.661. The number of methoxy groups -OCH3 is 2. The molecule has 2 aromatic carbocycles. The lowest BCUT2D eigenvalue weighted by Crippen LogP contribution is -2.55. The third-order valence-corrected chi connectivity index (χ3v) is 15.2. The van der Waals surface area contributed by atoms with Crippen LogP contribution >= 0.6 is 0 Å². The molecule has 7 amide bonds. The van der Waals surface area contributed by atoms with Crippen LogP contribution in [-0.4, -0.2) is 170 Å². The van der Waals surface area contributed by atoms with E-state index in [2.05, 4.69) is 24.5 Å². The van der Waals surface area contributed by atoms with Crippen LogP contribution in [0.2, 0.25) is 0 Å². The number of aliphatic carboxylic acids is 1. The van der Waals surface area contributed by atoms with Crippen LogP contribution < -0.4 is 15.5 Å². The Balaban J connectivity index is 0.00000507. The predicted octanol–water partition coefficient (Wildman–Crippen LogP) is 6.37. The van der Waals surface area contributed by atoms with Gasteiger partial charge in [0.1, 0.15) is 6.04 Å². The first kappa shape index (κ1) is 65.6. The van der Waals surface area contributed by atoms with Crippen molar-refractivity contribution in [1.29, 1.82) is 0 Å². The van der Waals surface area contributed by atoms with Gasteiger partial charge < -0.3 is 39.9 Å². The van der Waals surface area contributed by atoms with E-state index in [9.17, 15) is 43.5 Å². The van der Waals surface area contributed by atoms with E-state index >= 15 is 0 Å². The summed E-state index contributed by atoms with van der Waals surface area (Å²) < 4.78 is 11.9. The number of nitrogens with zero attached hydrogens (tertiary/aromatic N) is 5. The number of carbonyl (C=O) groups excluding carboxylic acids is 7. The Bertz CT molecular complexity index is 2210. The van der Waals surface area contributed by atoms with Crippen molar-refractivity contribution in [2.24, 2.45) is 23.7 Å². The number of hydrogen-bond donors (Lipinski definition) is 3.